The summed E-state index contributed by atoms with van der Waals surface area (Å²) in [5, 5.41) is 6.78. The lowest BCUT2D eigenvalue weighted by Crippen LogP contribution is -2.42. The predicted octanol–water partition coefficient (Wildman–Crippen LogP) is 1.95. The van der Waals surface area contributed by atoms with Crippen molar-refractivity contribution in [1.29, 1.82) is 0 Å². The van der Waals surface area contributed by atoms with Crippen molar-refractivity contribution in [2.24, 2.45) is 4.99 Å². The van der Waals surface area contributed by atoms with Gasteiger partial charge in [-0.05, 0) is 65.0 Å². The van der Waals surface area contributed by atoms with Gasteiger partial charge in [0, 0.05) is 32.7 Å². The van der Waals surface area contributed by atoms with E-state index in [1.807, 2.05) is 12.1 Å². The van der Waals surface area contributed by atoms with Gasteiger partial charge in [0.25, 0.3) is 0 Å². The molecular formula is C21H37N5O. The van der Waals surface area contributed by atoms with Crippen molar-refractivity contribution in [2.75, 3.05) is 59.4 Å². The topological polar surface area (TPSA) is 52.1 Å². The Kier molecular flexibility index (Phi) is 9.42. The Morgan fingerprint density at radius 3 is 2.85 bits per heavy atom. The maximum absolute atomic E-state index is 5.97. The predicted molar refractivity (Wildman–Crippen MR) is 114 cm³/mol. The Hall–Kier alpha value is -1.79. The molecule has 0 aliphatic carbocycles. The Labute approximate surface area is 165 Å². The summed E-state index contributed by atoms with van der Waals surface area (Å²) in [5.74, 6) is 1.77. The van der Waals surface area contributed by atoms with Crippen molar-refractivity contribution in [1.82, 2.24) is 20.4 Å². The van der Waals surface area contributed by atoms with Crippen molar-refractivity contribution in [3.05, 3.63) is 29.8 Å². The van der Waals surface area contributed by atoms with Gasteiger partial charge in [0.15, 0.2) is 5.96 Å². The van der Waals surface area contributed by atoms with E-state index >= 15 is 0 Å². The second kappa shape index (κ2) is 11.8. The maximum atomic E-state index is 5.97. The van der Waals surface area contributed by atoms with Gasteiger partial charge in [0.2, 0.25) is 0 Å². The lowest BCUT2D eigenvalue weighted by atomic mass is 10.2. The molecule has 6 nitrogen and oxygen atoms in total. The number of aliphatic imine (C=N–C) groups is 1. The first-order valence-corrected chi connectivity index (χ1v) is 10.2. The minimum Gasteiger partial charge on any atom is -0.489 e. The lowest BCUT2D eigenvalue weighted by molar-refractivity contribution is 0.230. The van der Waals surface area contributed by atoms with E-state index in [4.69, 9.17) is 4.74 Å². The van der Waals surface area contributed by atoms with Crippen molar-refractivity contribution < 1.29 is 4.74 Å². The summed E-state index contributed by atoms with van der Waals surface area (Å²) >= 11 is 0. The summed E-state index contributed by atoms with van der Waals surface area (Å²) in [7, 11) is 2.21. The van der Waals surface area contributed by atoms with Gasteiger partial charge in [-0.2, -0.15) is 0 Å². The summed E-state index contributed by atoms with van der Waals surface area (Å²) in [5.41, 5.74) is 1.21. The molecule has 0 saturated carbocycles. The molecule has 6 heteroatoms. The number of nitrogens with one attached hydrogen (secondary N) is 2. The molecule has 1 saturated heterocycles. The van der Waals surface area contributed by atoms with Crippen LogP contribution in [0.25, 0.3) is 0 Å². The van der Waals surface area contributed by atoms with Crippen LogP contribution >= 0.6 is 0 Å². The molecule has 1 fully saturated rings. The van der Waals surface area contributed by atoms with E-state index in [1.165, 1.54) is 25.1 Å². The van der Waals surface area contributed by atoms with E-state index in [2.05, 4.69) is 65.4 Å². The molecule has 2 N–H and O–H groups in total. The zero-order chi connectivity index (χ0) is 19.5. The van der Waals surface area contributed by atoms with Crippen LogP contribution in [0.1, 0.15) is 25.8 Å². The van der Waals surface area contributed by atoms with Crippen molar-refractivity contribution in [3.63, 3.8) is 0 Å². The number of hydrogen-bond acceptors (Lipinski definition) is 4. The molecule has 152 valence electrons. The van der Waals surface area contributed by atoms with Crippen LogP contribution in [-0.2, 0) is 0 Å². The van der Waals surface area contributed by atoms with E-state index in [0.29, 0.717) is 6.54 Å². The van der Waals surface area contributed by atoms with Gasteiger partial charge in [-0.15, -0.1) is 0 Å². The summed E-state index contributed by atoms with van der Waals surface area (Å²) in [4.78, 5) is 9.63. The molecule has 2 rings (SSSR count). The molecule has 0 radical (unpaired) electrons. The van der Waals surface area contributed by atoms with Gasteiger partial charge in [-0.3, -0.25) is 0 Å². The van der Waals surface area contributed by atoms with Gasteiger partial charge in [0.05, 0.1) is 6.54 Å². The third kappa shape index (κ3) is 8.63. The first-order chi connectivity index (χ1) is 13.1. The fourth-order valence-electron chi connectivity index (χ4n) is 3.18. The number of likely N-dealkylation sites (N-methyl/N-ethyl adjacent to an activating group) is 1. The average Bonchev–Trinajstić information content (AvgIpc) is 2.84. The van der Waals surface area contributed by atoms with Crippen molar-refractivity contribution in [3.8, 4) is 5.75 Å². The monoisotopic (exact) mass is 375 g/mol. The molecule has 0 aromatic heterocycles. The summed E-state index contributed by atoms with van der Waals surface area (Å²) in [6, 6.07) is 8.15. The van der Waals surface area contributed by atoms with E-state index in [-0.39, 0.29) is 6.10 Å². The minimum atomic E-state index is 0.0309. The fraction of sp³-hybridized carbons (Fsp3) is 0.667. The Balaban J connectivity index is 1.75. The SMILES string of the molecule is CCNC(=NCC(C)Oc1cccc(C)c1)NCCN1CCCN(C)CC1. The fourth-order valence-corrected chi connectivity index (χ4v) is 3.18. The number of guanidine groups is 1. The van der Waals surface area contributed by atoms with Gasteiger partial charge in [-0.25, -0.2) is 4.99 Å². The number of hydrogen-bond donors (Lipinski definition) is 2. The van der Waals surface area contributed by atoms with Gasteiger partial charge in [0.1, 0.15) is 11.9 Å². The van der Waals surface area contributed by atoms with Gasteiger partial charge < -0.3 is 25.2 Å². The van der Waals surface area contributed by atoms with Crippen LogP contribution < -0.4 is 15.4 Å². The normalized spacial score (nSPS) is 18.0. The zero-order valence-electron chi connectivity index (χ0n) is 17.5. The molecule has 1 heterocycles. The quantitative estimate of drug-likeness (QED) is 0.537. The minimum absolute atomic E-state index is 0.0309. The molecule has 1 unspecified atom stereocenters. The van der Waals surface area contributed by atoms with E-state index < -0.39 is 0 Å². The highest BCUT2D eigenvalue weighted by Gasteiger charge is 2.11. The van der Waals surface area contributed by atoms with Gasteiger partial charge >= 0.3 is 0 Å². The molecule has 1 aliphatic heterocycles. The van der Waals surface area contributed by atoms with Crippen LogP contribution in [0.2, 0.25) is 0 Å². The Bertz CT molecular complexity index is 577. The molecule has 0 bridgehead atoms. The molecular weight excluding hydrogens is 338 g/mol. The van der Waals surface area contributed by atoms with Crippen molar-refractivity contribution >= 4 is 5.96 Å². The first-order valence-electron chi connectivity index (χ1n) is 10.2. The lowest BCUT2D eigenvalue weighted by Gasteiger charge is -2.21. The molecule has 1 aromatic rings. The number of nitrogens with zero attached hydrogens (tertiary/aromatic N) is 3. The Morgan fingerprint density at radius 1 is 1.22 bits per heavy atom. The molecule has 27 heavy (non-hydrogen) atoms. The number of benzene rings is 1. The highest BCUT2D eigenvalue weighted by Crippen LogP contribution is 2.14. The molecule has 1 atom stereocenters. The number of rotatable bonds is 8. The van der Waals surface area contributed by atoms with Crippen LogP contribution in [0.3, 0.4) is 0 Å². The summed E-state index contributed by atoms with van der Waals surface area (Å²) in [6.45, 7) is 14.3. The summed E-state index contributed by atoms with van der Waals surface area (Å²) in [6.07, 6.45) is 1.28. The van der Waals surface area contributed by atoms with Crippen molar-refractivity contribution in [2.45, 2.75) is 33.3 Å². The number of aryl methyl sites for hydroxylation is 1. The Morgan fingerprint density at radius 2 is 2.07 bits per heavy atom. The van der Waals surface area contributed by atoms with Crippen LogP contribution in [0, 0.1) is 6.92 Å². The zero-order valence-corrected chi connectivity index (χ0v) is 17.5. The third-order valence-corrected chi connectivity index (χ3v) is 4.71. The van der Waals surface area contributed by atoms with E-state index in [9.17, 15) is 0 Å². The van der Waals surface area contributed by atoms with E-state index in [0.717, 1.165) is 44.4 Å². The molecule has 1 aromatic carbocycles. The average molecular weight is 376 g/mol. The second-order valence-corrected chi connectivity index (χ2v) is 7.39. The molecule has 1 aliphatic rings. The molecule has 0 amide bonds. The highest BCUT2D eigenvalue weighted by atomic mass is 16.5. The summed E-state index contributed by atoms with van der Waals surface area (Å²) < 4.78 is 5.97. The van der Waals surface area contributed by atoms with E-state index in [1.54, 1.807) is 0 Å². The van der Waals surface area contributed by atoms with Crippen LogP contribution in [0.4, 0.5) is 0 Å². The standard InChI is InChI=1S/C21H37N5O/c1-5-22-21(23-10-13-26-12-7-11-25(4)14-15-26)24-17-19(3)27-20-9-6-8-18(2)16-20/h6,8-9,16,19H,5,7,10-15,17H2,1-4H3,(H2,22,23,24). The molecule has 0 spiro atoms. The van der Waals surface area contributed by atoms with Crippen LogP contribution in [0.5, 0.6) is 5.75 Å². The third-order valence-electron chi connectivity index (χ3n) is 4.71. The second-order valence-electron chi connectivity index (χ2n) is 7.39. The smallest absolute Gasteiger partial charge is 0.191 e. The van der Waals surface area contributed by atoms with Crippen LogP contribution in [0.15, 0.2) is 29.3 Å². The maximum Gasteiger partial charge on any atom is 0.191 e. The number of ether oxygens (including phenoxy) is 1. The first kappa shape index (κ1) is 21.5. The largest absolute Gasteiger partial charge is 0.489 e. The van der Waals surface area contributed by atoms with Crippen LogP contribution in [-0.4, -0.2) is 81.3 Å². The van der Waals surface area contributed by atoms with Gasteiger partial charge in [-0.1, -0.05) is 12.1 Å². The highest BCUT2D eigenvalue weighted by molar-refractivity contribution is 5.79.